The first-order valence-electron chi connectivity index (χ1n) is 10.7. The SMILES string of the molecule is O=C(c1cc2nc(-c3cccs3)cc(C(F)(F)F)n2n1)N1CCN(Cc2c(Cl)cccc2Cl)CC1. The lowest BCUT2D eigenvalue weighted by Crippen LogP contribution is -2.48. The summed E-state index contributed by atoms with van der Waals surface area (Å²) in [5.41, 5.74) is -0.0762. The molecule has 0 aliphatic carbocycles. The van der Waals surface area contributed by atoms with E-state index in [0.717, 1.165) is 11.6 Å². The normalized spacial score (nSPS) is 15.2. The van der Waals surface area contributed by atoms with E-state index in [-0.39, 0.29) is 17.0 Å². The Morgan fingerprint density at radius 2 is 1.74 bits per heavy atom. The number of hydrogen-bond acceptors (Lipinski definition) is 5. The number of carbonyl (C=O) groups is 1. The van der Waals surface area contributed by atoms with Gasteiger partial charge in [-0.15, -0.1) is 11.3 Å². The van der Waals surface area contributed by atoms with Gasteiger partial charge in [0.15, 0.2) is 17.0 Å². The highest BCUT2D eigenvalue weighted by Crippen LogP contribution is 2.33. The molecule has 0 bridgehead atoms. The van der Waals surface area contributed by atoms with Crippen molar-refractivity contribution in [2.75, 3.05) is 26.2 Å². The number of nitrogens with zero attached hydrogens (tertiary/aromatic N) is 5. The molecule has 0 N–H and O–H groups in total. The first-order valence-corrected chi connectivity index (χ1v) is 12.3. The Bertz CT molecular complexity index is 1360. The molecular formula is C23H18Cl2F3N5OS. The largest absolute Gasteiger partial charge is 0.433 e. The average Bonchev–Trinajstić information content (AvgIpc) is 3.50. The van der Waals surface area contributed by atoms with E-state index < -0.39 is 17.8 Å². The third-order valence-corrected chi connectivity index (χ3v) is 7.41. The minimum Gasteiger partial charge on any atom is -0.335 e. The molecule has 12 heteroatoms. The Balaban J connectivity index is 1.36. The van der Waals surface area contributed by atoms with Gasteiger partial charge in [0.1, 0.15) is 0 Å². The lowest BCUT2D eigenvalue weighted by atomic mass is 10.2. The predicted molar refractivity (Wildman–Crippen MR) is 129 cm³/mol. The number of fused-ring (bicyclic) bond motifs is 1. The second-order valence-electron chi connectivity index (χ2n) is 8.07. The highest BCUT2D eigenvalue weighted by Gasteiger charge is 2.36. The third-order valence-electron chi connectivity index (χ3n) is 5.81. The van der Waals surface area contributed by atoms with Crippen LogP contribution in [0.15, 0.2) is 47.8 Å². The quantitative estimate of drug-likeness (QED) is 0.331. The van der Waals surface area contributed by atoms with Crippen molar-refractivity contribution in [3.05, 3.63) is 74.8 Å². The van der Waals surface area contributed by atoms with Crippen LogP contribution in [0.4, 0.5) is 13.2 Å². The number of amides is 1. The molecule has 0 unspecified atom stereocenters. The molecular weight excluding hydrogens is 522 g/mol. The van der Waals surface area contributed by atoms with E-state index in [1.807, 2.05) is 0 Å². The number of halogens is 5. The van der Waals surface area contributed by atoms with E-state index in [4.69, 9.17) is 23.2 Å². The molecule has 1 aliphatic rings. The highest BCUT2D eigenvalue weighted by molar-refractivity contribution is 7.13. The molecule has 3 aromatic heterocycles. The molecule has 1 aliphatic heterocycles. The van der Waals surface area contributed by atoms with Crippen LogP contribution in [-0.2, 0) is 12.7 Å². The van der Waals surface area contributed by atoms with Gasteiger partial charge in [-0.05, 0) is 29.6 Å². The van der Waals surface area contributed by atoms with Gasteiger partial charge >= 0.3 is 6.18 Å². The van der Waals surface area contributed by atoms with Gasteiger partial charge in [0.05, 0.1) is 10.6 Å². The molecule has 35 heavy (non-hydrogen) atoms. The lowest BCUT2D eigenvalue weighted by Gasteiger charge is -2.34. The molecule has 0 spiro atoms. The molecule has 4 aromatic rings. The summed E-state index contributed by atoms with van der Waals surface area (Å²) in [6.45, 7) is 2.47. The summed E-state index contributed by atoms with van der Waals surface area (Å²) >= 11 is 13.8. The summed E-state index contributed by atoms with van der Waals surface area (Å²) < 4.78 is 42.0. The van der Waals surface area contributed by atoms with Crippen LogP contribution in [0.3, 0.4) is 0 Å². The second kappa shape index (κ2) is 9.42. The van der Waals surface area contributed by atoms with E-state index in [9.17, 15) is 18.0 Å². The molecule has 0 radical (unpaired) electrons. The van der Waals surface area contributed by atoms with Gasteiger partial charge in [0, 0.05) is 54.4 Å². The summed E-state index contributed by atoms with van der Waals surface area (Å²) in [7, 11) is 0. The number of hydrogen-bond donors (Lipinski definition) is 0. The second-order valence-corrected chi connectivity index (χ2v) is 9.83. The average molecular weight is 540 g/mol. The van der Waals surface area contributed by atoms with Crippen LogP contribution in [0, 0.1) is 0 Å². The van der Waals surface area contributed by atoms with Crippen molar-refractivity contribution in [3.63, 3.8) is 0 Å². The Morgan fingerprint density at radius 3 is 2.37 bits per heavy atom. The van der Waals surface area contributed by atoms with Crippen molar-refractivity contribution < 1.29 is 18.0 Å². The van der Waals surface area contributed by atoms with Crippen molar-refractivity contribution in [1.82, 2.24) is 24.4 Å². The minimum atomic E-state index is -4.66. The number of carbonyl (C=O) groups excluding carboxylic acids is 1. The van der Waals surface area contributed by atoms with Crippen LogP contribution in [0.1, 0.15) is 21.7 Å². The molecule has 5 rings (SSSR count). The molecule has 1 amide bonds. The van der Waals surface area contributed by atoms with E-state index >= 15 is 0 Å². The molecule has 1 aromatic carbocycles. The summed E-state index contributed by atoms with van der Waals surface area (Å²) in [6.07, 6.45) is -4.66. The Morgan fingerprint density at radius 1 is 1.03 bits per heavy atom. The highest BCUT2D eigenvalue weighted by atomic mass is 35.5. The van der Waals surface area contributed by atoms with Gasteiger partial charge < -0.3 is 4.90 Å². The predicted octanol–water partition coefficient (Wildman–Crippen LogP) is 5.74. The van der Waals surface area contributed by atoms with E-state index in [2.05, 4.69) is 15.0 Å². The number of piperazine rings is 1. The standard InChI is InChI=1S/C23H18Cl2F3N5OS/c24-15-3-1-4-16(25)14(15)13-31-6-8-32(9-7-31)22(34)18-12-21-29-17(19-5-2-10-35-19)11-20(23(26,27)28)33(21)30-18/h1-5,10-12H,6-9,13H2. The minimum absolute atomic E-state index is 0.0291. The molecule has 1 fully saturated rings. The molecule has 0 saturated carbocycles. The van der Waals surface area contributed by atoms with Crippen molar-refractivity contribution in [2.24, 2.45) is 0 Å². The number of thiophene rings is 1. The molecule has 6 nitrogen and oxygen atoms in total. The van der Waals surface area contributed by atoms with Gasteiger partial charge in [-0.25, -0.2) is 9.50 Å². The first kappa shape index (κ1) is 24.1. The van der Waals surface area contributed by atoms with Crippen LogP contribution >= 0.6 is 34.5 Å². The maximum absolute atomic E-state index is 13.8. The van der Waals surface area contributed by atoms with Gasteiger partial charge in [-0.3, -0.25) is 9.69 Å². The lowest BCUT2D eigenvalue weighted by molar-refractivity contribution is -0.142. The zero-order valence-corrected chi connectivity index (χ0v) is 20.4. The van der Waals surface area contributed by atoms with Crippen LogP contribution in [-0.4, -0.2) is 56.5 Å². The van der Waals surface area contributed by atoms with Gasteiger partial charge in [0.25, 0.3) is 5.91 Å². The summed E-state index contributed by atoms with van der Waals surface area (Å²) in [6, 6.07) is 11.0. The molecule has 0 atom stereocenters. The smallest absolute Gasteiger partial charge is 0.335 e. The van der Waals surface area contributed by atoms with Crippen LogP contribution in [0.2, 0.25) is 10.0 Å². The fourth-order valence-corrected chi connectivity index (χ4v) is 5.21. The number of rotatable bonds is 4. The van der Waals surface area contributed by atoms with E-state index in [0.29, 0.717) is 52.2 Å². The molecule has 1 saturated heterocycles. The number of aromatic nitrogens is 3. The maximum Gasteiger partial charge on any atom is 0.433 e. The van der Waals surface area contributed by atoms with Gasteiger partial charge in [0.2, 0.25) is 0 Å². The van der Waals surface area contributed by atoms with Crippen molar-refractivity contribution in [1.29, 1.82) is 0 Å². The number of benzene rings is 1. The summed E-state index contributed by atoms with van der Waals surface area (Å²) in [5, 5.41) is 6.91. The summed E-state index contributed by atoms with van der Waals surface area (Å²) in [5.74, 6) is -0.434. The molecule has 4 heterocycles. The Hall–Kier alpha value is -2.66. The number of alkyl halides is 3. The zero-order valence-electron chi connectivity index (χ0n) is 18.1. The van der Waals surface area contributed by atoms with Gasteiger partial charge in [-0.1, -0.05) is 35.3 Å². The maximum atomic E-state index is 13.8. The van der Waals surface area contributed by atoms with E-state index in [1.54, 1.807) is 40.6 Å². The first-order chi connectivity index (χ1) is 16.7. The molecule has 182 valence electrons. The van der Waals surface area contributed by atoms with Gasteiger partial charge in [-0.2, -0.15) is 18.3 Å². The Kier molecular flexibility index (Phi) is 6.47. The monoisotopic (exact) mass is 539 g/mol. The van der Waals surface area contributed by atoms with Crippen molar-refractivity contribution >= 4 is 46.1 Å². The zero-order chi connectivity index (χ0) is 24.7. The topological polar surface area (TPSA) is 53.7 Å². The van der Waals surface area contributed by atoms with E-state index in [1.165, 1.54) is 17.4 Å². The Labute approximate surface area is 212 Å². The van der Waals surface area contributed by atoms with Crippen molar-refractivity contribution in [3.8, 4) is 10.6 Å². The summed E-state index contributed by atoms with van der Waals surface area (Å²) in [4.78, 5) is 21.7. The third kappa shape index (κ3) is 4.88. The fourth-order valence-electron chi connectivity index (χ4n) is 4.01. The fraction of sp³-hybridized carbons (Fsp3) is 0.261. The van der Waals surface area contributed by atoms with Crippen LogP contribution < -0.4 is 0 Å². The van der Waals surface area contributed by atoms with Crippen LogP contribution in [0.5, 0.6) is 0 Å². The van der Waals surface area contributed by atoms with Crippen molar-refractivity contribution in [2.45, 2.75) is 12.7 Å². The van der Waals surface area contributed by atoms with Crippen LogP contribution in [0.25, 0.3) is 16.2 Å².